The van der Waals surface area contributed by atoms with Gasteiger partial charge in [-0.1, -0.05) is 20.3 Å². The van der Waals surface area contributed by atoms with Crippen molar-refractivity contribution in [3.05, 3.63) is 0 Å². The molecule has 0 aliphatic heterocycles. The van der Waals surface area contributed by atoms with Crippen molar-refractivity contribution in [1.82, 2.24) is 10.2 Å². The van der Waals surface area contributed by atoms with E-state index in [-0.39, 0.29) is 12.6 Å². The van der Waals surface area contributed by atoms with Crippen molar-refractivity contribution >= 4 is 0 Å². The van der Waals surface area contributed by atoms with Gasteiger partial charge in [0, 0.05) is 25.2 Å². The highest BCUT2D eigenvalue weighted by molar-refractivity contribution is 4.76. The fraction of sp³-hybridized carbons (Fsp3) is 1.00. The molecule has 1 unspecified atom stereocenters. The van der Waals surface area contributed by atoms with Crippen molar-refractivity contribution in [2.45, 2.75) is 45.2 Å². The van der Waals surface area contributed by atoms with Crippen LogP contribution in [0.5, 0.6) is 0 Å². The van der Waals surface area contributed by atoms with Crippen LogP contribution >= 0.6 is 0 Å². The summed E-state index contributed by atoms with van der Waals surface area (Å²) >= 11 is 0. The zero-order valence-electron chi connectivity index (χ0n) is 10.4. The van der Waals surface area contributed by atoms with E-state index in [4.69, 9.17) is 0 Å². The molecule has 2 N–H and O–H groups in total. The molecular weight excluding hydrogens is 188 g/mol. The van der Waals surface area contributed by atoms with Crippen molar-refractivity contribution in [2.75, 3.05) is 26.7 Å². The van der Waals surface area contributed by atoms with E-state index in [1.165, 1.54) is 25.8 Å². The van der Waals surface area contributed by atoms with Crippen molar-refractivity contribution in [3.63, 3.8) is 0 Å². The summed E-state index contributed by atoms with van der Waals surface area (Å²) in [5.74, 6) is 0.911. The summed E-state index contributed by atoms with van der Waals surface area (Å²) in [7, 11) is 2.16. The number of nitrogens with zero attached hydrogens (tertiary/aromatic N) is 1. The maximum Gasteiger partial charge on any atom is 0.0597 e. The van der Waals surface area contributed by atoms with E-state index in [9.17, 15) is 5.11 Å². The van der Waals surface area contributed by atoms with Gasteiger partial charge in [0.05, 0.1) is 6.61 Å². The molecule has 0 bridgehead atoms. The summed E-state index contributed by atoms with van der Waals surface area (Å²) in [4.78, 5) is 2.35. The average Bonchev–Trinajstić information content (AvgIpc) is 2.09. The summed E-state index contributed by atoms with van der Waals surface area (Å²) in [5.41, 5.74) is 0. The van der Waals surface area contributed by atoms with E-state index >= 15 is 0 Å². The Kier molecular flexibility index (Phi) is 5.58. The highest BCUT2D eigenvalue weighted by atomic mass is 16.3. The monoisotopic (exact) mass is 214 g/mol. The molecule has 0 amide bonds. The van der Waals surface area contributed by atoms with Gasteiger partial charge in [0.1, 0.15) is 0 Å². The third kappa shape index (κ3) is 4.96. The lowest BCUT2D eigenvalue weighted by Crippen LogP contribution is -2.46. The van der Waals surface area contributed by atoms with Crippen LogP contribution in [-0.4, -0.2) is 48.8 Å². The quantitative estimate of drug-likeness (QED) is 0.665. The predicted molar refractivity (Wildman–Crippen MR) is 64.0 cm³/mol. The van der Waals surface area contributed by atoms with E-state index in [1.807, 2.05) is 0 Å². The van der Waals surface area contributed by atoms with Gasteiger partial charge in [-0.05, 0) is 25.8 Å². The highest BCUT2D eigenvalue weighted by Gasteiger charge is 2.20. The molecule has 0 aromatic heterocycles. The summed E-state index contributed by atoms with van der Waals surface area (Å²) in [6.45, 7) is 6.61. The lowest BCUT2D eigenvalue weighted by atomic mass is 9.85. The summed E-state index contributed by atoms with van der Waals surface area (Å²) in [5, 5.41) is 12.6. The fourth-order valence-corrected chi connectivity index (χ4v) is 2.20. The van der Waals surface area contributed by atoms with Crippen LogP contribution in [0.4, 0.5) is 0 Å². The molecule has 3 heteroatoms. The van der Waals surface area contributed by atoms with Crippen molar-refractivity contribution in [1.29, 1.82) is 0 Å². The molecule has 0 aromatic rings. The number of aliphatic hydroxyl groups excluding tert-OH is 1. The third-order valence-corrected chi connectivity index (χ3v) is 3.12. The van der Waals surface area contributed by atoms with Gasteiger partial charge in [0.2, 0.25) is 0 Å². The standard InChI is InChI=1S/C12H26N2O/c1-10(2)13-12(9-15)8-14(3)7-11-5-4-6-11/h10-13,15H,4-9H2,1-3H3. The van der Waals surface area contributed by atoms with Gasteiger partial charge >= 0.3 is 0 Å². The minimum atomic E-state index is 0.218. The van der Waals surface area contributed by atoms with Crippen LogP contribution in [0.1, 0.15) is 33.1 Å². The number of aliphatic hydroxyl groups is 1. The second-order valence-corrected chi connectivity index (χ2v) is 5.22. The number of hydrogen-bond donors (Lipinski definition) is 2. The summed E-state index contributed by atoms with van der Waals surface area (Å²) in [6, 6.07) is 0.661. The SMILES string of the molecule is CC(C)NC(CO)CN(C)CC1CCC1. The Balaban J connectivity index is 2.17. The van der Waals surface area contributed by atoms with Crippen LogP contribution in [-0.2, 0) is 0 Å². The largest absolute Gasteiger partial charge is 0.395 e. The first kappa shape index (κ1) is 12.9. The van der Waals surface area contributed by atoms with Gasteiger partial charge in [-0.3, -0.25) is 0 Å². The van der Waals surface area contributed by atoms with Gasteiger partial charge in [-0.25, -0.2) is 0 Å². The number of likely N-dealkylation sites (N-methyl/N-ethyl adjacent to an activating group) is 1. The van der Waals surface area contributed by atoms with E-state index < -0.39 is 0 Å². The van der Waals surface area contributed by atoms with Crippen LogP contribution in [0.25, 0.3) is 0 Å². The first-order valence-corrected chi connectivity index (χ1v) is 6.17. The van der Waals surface area contributed by atoms with Crippen molar-refractivity contribution in [3.8, 4) is 0 Å². The van der Waals surface area contributed by atoms with Gasteiger partial charge < -0.3 is 15.3 Å². The van der Waals surface area contributed by atoms with Crippen LogP contribution in [0.3, 0.4) is 0 Å². The van der Waals surface area contributed by atoms with Gasteiger partial charge in [0.15, 0.2) is 0 Å². The van der Waals surface area contributed by atoms with Gasteiger partial charge in [-0.2, -0.15) is 0 Å². The number of rotatable bonds is 7. The first-order valence-electron chi connectivity index (χ1n) is 6.17. The van der Waals surface area contributed by atoms with Crippen molar-refractivity contribution < 1.29 is 5.11 Å². The lowest BCUT2D eigenvalue weighted by molar-refractivity contribution is 0.158. The van der Waals surface area contributed by atoms with E-state index in [0.29, 0.717) is 6.04 Å². The summed E-state index contributed by atoms with van der Waals surface area (Å²) < 4.78 is 0. The van der Waals surface area contributed by atoms with E-state index in [1.54, 1.807) is 0 Å². The predicted octanol–water partition coefficient (Wildman–Crippen LogP) is 1.08. The van der Waals surface area contributed by atoms with E-state index in [0.717, 1.165) is 12.5 Å². The Morgan fingerprint density at radius 1 is 1.40 bits per heavy atom. The lowest BCUT2D eigenvalue weighted by Gasteiger charge is -2.32. The topological polar surface area (TPSA) is 35.5 Å². The third-order valence-electron chi connectivity index (χ3n) is 3.12. The highest BCUT2D eigenvalue weighted by Crippen LogP contribution is 2.26. The molecule has 0 aromatic carbocycles. The molecule has 1 rings (SSSR count). The Hall–Kier alpha value is -0.120. The molecule has 1 saturated carbocycles. The molecule has 15 heavy (non-hydrogen) atoms. The molecule has 90 valence electrons. The molecule has 1 fully saturated rings. The van der Waals surface area contributed by atoms with Gasteiger partial charge in [0.25, 0.3) is 0 Å². The zero-order chi connectivity index (χ0) is 11.3. The molecule has 1 aliphatic rings. The molecular formula is C12H26N2O. The second kappa shape index (κ2) is 6.46. The smallest absolute Gasteiger partial charge is 0.0597 e. The molecule has 1 aliphatic carbocycles. The normalized spacial score (nSPS) is 19.6. The maximum absolute atomic E-state index is 9.24. The van der Waals surface area contributed by atoms with Gasteiger partial charge in [-0.15, -0.1) is 0 Å². The Labute approximate surface area is 93.9 Å². The second-order valence-electron chi connectivity index (χ2n) is 5.22. The minimum Gasteiger partial charge on any atom is -0.395 e. The Morgan fingerprint density at radius 3 is 2.47 bits per heavy atom. The minimum absolute atomic E-state index is 0.218. The Bertz CT molecular complexity index is 169. The Morgan fingerprint density at radius 2 is 2.07 bits per heavy atom. The molecule has 0 heterocycles. The molecule has 1 atom stereocenters. The van der Waals surface area contributed by atoms with E-state index in [2.05, 4.69) is 31.1 Å². The van der Waals surface area contributed by atoms with Crippen LogP contribution < -0.4 is 5.32 Å². The number of nitrogens with one attached hydrogen (secondary N) is 1. The fourth-order valence-electron chi connectivity index (χ4n) is 2.20. The summed E-state index contributed by atoms with van der Waals surface area (Å²) in [6.07, 6.45) is 4.20. The number of hydrogen-bond acceptors (Lipinski definition) is 3. The molecule has 0 radical (unpaired) electrons. The van der Waals surface area contributed by atoms with Crippen molar-refractivity contribution in [2.24, 2.45) is 5.92 Å². The van der Waals surface area contributed by atoms with Crippen LogP contribution in [0.15, 0.2) is 0 Å². The maximum atomic E-state index is 9.24. The zero-order valence-corrected chi connectivity index (χ0v) is 10.4. The van der Waals surface area contributed by atoms with Crippen LogP contribution in [0.2, 0.25) is 0 Å². The average molecular weight is 214 g/mol. The molecule has 3 nitrogen and oxygen atoms in total. The molecule has 0 spiro atoms. The first-order chi connectivity index (χ1) is 7.11. The molecule has 0 saturated heterocycles. The van der Waals surface area contributed by atoms with Crippen LogP contribution in [0, 0.1) is 5.92 Å².